The van der Waals surface area contributed by atoms with Crippen LogP contribution in [0.3, 0.4) is 0 Å². The molecule has 2 N–H and O–H groups in total. The Kier molecular flexibility index (Phi) is 6.05. The summed E-state index contributed by atoms with van der Waals surface area (Å²) in [4.78, 5) is 12.5. The minimum atomic E-state index is -3.92. The molecular weight excluding hydrogens is 352 g/mol. The second-order valence-corrected chi connectivity index (χ2v) is 7.94. The van der Waals surface area contributed by atoms with Crippen LogP contribution in [-0.4, -0.2) is 27.5 Å². The van der Waals surface area contributed by atoms with Crippen LogP contribution in [0.4, 0.5) is 5.69 Å². The van der Waals surface area contributed by atoms with Crippen molar-refractivity contribution in [1.82, 2.24) is 4.72 Å². The van der Waals surface area contributed by atoms with Gasteiger partial charge in [-0.3, -0.25) is 4.79 Å². The minimum absolute atomic E-state index is 0.00622. The number of methoxy groups -OCH3 is 1. The molecule has 0 aliphatic heterocycles. The summed E-state index contributed by atoms with van der Waals surface area (Å²) in [7, 11) is -2.51. The number of amides is 1. The molecule has 0 saturated heterocycles. The second-order valence-electron chi connectivity index (χ2n) is 6.25. The van der Waals surface area contributed by atoms with Gasteiger partial charge < -0.3 is 10.1 Å². The molecule has 6 nitrogen and oxygen atoms in total. The van der Waals surface area contributed by atoms with Gasteiger partial charge in [0.05, 0.1) is 13.2 Å². The van der Waals surface area contributed by atoms with Crippen LogP contribution in [-0.2, 0) is 14.8 Å². The van der Waals surface area contributed by atoms with Gasteiger partial charge in [-0.05, 0) is 56.5 Å². The van der Waals surface area contributed by atoms with Crippen molar-refractivity contribution in [3.8, 4) is 5.75 Å². The average molecular weight is 376 g/mol. The van der Waals surface area contributed by atoms with Gasteiger partial charge in [-0.1, -0.05) is 24.3 Å². The van der Waals surface area contributed by atoms with Crippen molar-refractivity contribution in [2.45, 2.75) is 38.6 Å². The van der Waals surface area contributed by atoms with Gasteiger partial charge in [0.15, 0.2) is 0 Å². The van der Waals surface area contributed by atoms with Crippen LogP contribution in [0.5, 0.6) is 5.75 Å². The van der Waals surface area contributed by atoms with Crippen molar-refractivity contribution in [2.75, 3.05) is 12.4 Å². The van der Waals surface area contributed by atoms with Gasteiger partial charge in [-0.15, -0.1) is 0 Å². The van der Waals surface area contributed by atoms with Crippen LogP contribution in [0.1, 0.15) is 23.6 Å². The molecule has 1 atom stereocenters. The minimum Gasteiger partial charge on any atom is -0.495 e. The normalized spacial score (nSPS) is 12.5. The van der Waals surface area contributed by atoms with Crippen molar-refractivity contribution in [1.29, 1.82) is 0 Å². The number of carbonyl (C=O) groups excluding carboxylic acids is 1. The molecule has 0 fully saturated rings. The van der Waals surface area contributed by atoms with E-state index in [1.54, 1.807) is 19.1 Å². The Hall–Kier alpha value is -2.38. The number of aryl methyl sites for hydroxylation is 3. The van der Waals surface area contributed by atoms with Crippen LogP contribution in [0, 0.1) is 20.8 Å². The molecule has 2 rings (SSSR count). The zero-order valence-corrected chi connectivity index (χ0v) is 16.4. The third-order valence-corrected chi connectivity index (χ3v) is 5.63. The lowest BCUT2D eigenvalue weighted by Gasteiger charge is -2.18. The molecule has 7 heteroatoms. The molecule has 0 heterocycles. The number of hydrogen-bond donors (Lipinski definition) is 2. The Morgan fingerprint density at radius 3 is 2.27 bits per heavy atom. The lowest BCUT2D eigenvalue weighted by atomic mass is 10.1. The van der Waals surface area contributed by atoms with E-state index in [4.69, 9.17) is 4.74 Å². The lowest BCUT2D eigenvalue weighted by Crippen LogP contribution is -2.41. The number of rotatable bonds is 6. The average Bonchev–Trinajstić information content (AvgIpc) is 2.57. The van der Waals surface area contributed by atoms with E-state index in [1.807, 2.05) is 32.0 Å². The molecular formula is C19H24N2O4S. The van der Waals surface area contributed by atoms with E-state index in [0.717, 1.165) is 16.7 Å². The van der Waals surface area contributed by atoms with Crippen molar-refractivity contribution in [2.24, 2.45) is 0 Å². The molecule has 0 bridgehead atoms. The van der Waals surface area contributed by atoms with Crippen molar-refractivity contribution < 1.29 is 17.9 Å². The van der Waals surface area contributed by atoms with Crippen molar-refractivity contribution >= 4 is 21.6 Å². The van der Waals surface area contributed by atoms with E-state index in [0.29, 0.717) is 5.69 Å². The molecule has 26 heavy (non-hydrogen) atoms. The topological polar surface area (TPSA) is 84.5 Å². The van der Waals surface area contributed by atoms with Gasteiger partial charge in [0, 0.05) is 5.69 Å². The molecule has 1 amide bonds. The number of benzene rings is 2. The maximum absolute atomic E-state index is 12.7. The Labute approximate surface area is 154 Å². The van der Waals surface area contributed by atoms with Crippen LogP contribution < -0.4 is 14.8 Å². The zero-order valence-electron chi connectivity index (χ0n) is 15.6. The highest BCUT2D eigenvalue weighted by atomic mass is 32.2. The molecule has 0 saturated carbocycles. The number of para-hydroxylation sites is 1. The van der Waals surface area contributed by atoms with Crippen LogP contribution in [0.2, 0.25) is 0 Å². The first-order valence-electron chi connectivity index (χ1n) is 8.19. The molecule has 2 aromatic rings. The van der Waals surface area contributed by atoms with Gasteiger partial charge in [-0.25, -0.2) is 8.42 Å². The molecule has 0 aromatic heterocycles. The van der Waals surface area contributed by atoms with Gasteiger partial charge in [0.2, 0.25) is 15.9 Å². The number of carbonyl (C=O) groups is 1. The SMILES string of the molecule is COc1ccc(C)cc1S(=O)(=O)N[C@@H](C)C(=O)Nc1c(C)cccc1C. The standard InChI is InChI=1S/C19H24N2O4S/c1-12-9-10-16(25-5)17(11-12)26(23,24)21-15(4)19(22)20-18-13(2)7-6-8-14(18)3/h6-11,15,21H,1-5H3,(H,20,22)/t15-/m0/s1. The first-order chi connectivity index (χ1) is 12.2. The Bertz CT molecular complexity index is 903. The van der Waals surface area contributed by atoms with Crippen molar-refractivity contribution in [3.63, 3.8) is 0 Å². The number of ether oxygens (including phenoxy) is 1. The van der Waals surface area contributed by atoms with Crippen molar-refractivity contribution in [3.05, 3.63) is 53.1 Å². The van der Waals surface area contributed by atoms with Crippen LogP contribution in [0.15, 0.2) is 41.3 Å². The summed E-state index contributed by atoms with van der Waals surface area (Å²) >= 11 is 0. The van der Waals surface area contributed by atoms with Gasteiger partial charge in [-0.2, -0.15) is 4.72 Å². The largest absolute Gasteiger partial charge is 0.495 e. The summed E-state index contributed by atoms with van der Waals surface area (Å²) in [5.74, 6) is -0.206. The molecule has 0 unspecified atom stereocenters. The third kappa shape index (κ3) is 4.42. The lowest BCUT2D eigenvalue weighted by molar-refractivity contribution is -0.117. The van der Waals surface area contributed by atoms with Crippen LogP contribution in [0.25, 0.3) is 0 Å². The predicted molar refractivity (Wildman–Crippen MR) is 102 cm³/mol. The highest BCUT2D eigenvalue weighted by molar-refractivity contribution is 7.89. The first-order valence-corrected chi connectivity index (χ1v) is 9.68. The predicted octanol–water partition coefficient (Wildman–Crippen LogP) is 2.93. The maximum Gasteiger partial charge on any atom is 0.244 e. The fourth-order valence-corrected chi connectivity index (χ4v) is 4.04. The highest BCUT2D eigenvalue weighted by Gasteiger charge is 2.25. The molecule has 0 radical (unpaired) electrons. The molecule has 140 valence electrons. The Morgan fingerprint density at radius 1 is 1.08 bits per heavy atom. The maximum atomic E-state index is 12.7. The Balaban J connectivity index is 2.22. The molecule has 2 aromatic carbocycles. The number of nitrogens with one attached hydrogen (secondary N) is 2. The van der Waals surface area contributed by atoms with E-state index in [-0.39, 0.29) is 10.6 Å². The number of anilines is 1. The summed E-state index contributed by atoms with van der Waals surface area (Å²) in [6.45, 7) is 7.06. The number of hydrogen-bond acceptors (Lipinski definition) is 4. The molecule has 0 aliphatic carbocycles. The summed E-state index contributed by atoms with van der Waals surface area (Å²) in [6.07, 6.45) is 0. The fraction of sp³-hybridized carbons (Fsp3) is 0.316. The van der Waals surface area contributed by atoms with E-state index in [2.05, 4.69) is 10.0 Å². The Morgan fingerprint density at radius 2 is 1.69 bits per heavy atom. The van der Waals surface area contributed by atoms with Gasteiger partial charge in [0.25, 0.3) is 0 Å². The van der Waals surface area contributed by atoms with E-state index >= 15 is 0 Å². The zero-order chi connectivity index (χ0) is 19.5. The van der Waals surface area contributed by atoms with E-state index in [9.17, 15) is 13.2 Å². The smallest absolute Gasteiger partial charge is 0.244 e. The number of sulfonamides is 1. The molecule has 0 spiro atoms. The summed E-state index contributed by atoms with van der Waals surface area (Å²) < 4.78 is 32.9. The highest BCUT2D eigenvalue weighted by Crippen LogP contribution is 2.25. The summed E-state index contributed by atoms with van der Waals surface area (Å²) in [5.41, 5.74) is 3.29. The first kappa shape index (κ1) is 19.9. The second kappa shape index (κ2) is 7.88. The van der Waals surface area contributed by atoms with Gasteiger partial charge >= 0.3 is 0 Å². The van der Waals surface area contributed by atoms with E-state index in [1.165, 1.54) is 20.1 Å². The summed E-state index contributed by atoms with van der Waals surface area (Å²) in [5, 5.41) is 2.80. The monoisotopic (exact) mass is 376 g/mol. The van der Waals surface area contributed by atoms with E-state index < -0.39 is 22.0 Å². The van der Waals surface area contributed by atoms with Gasteiger partial charge in [0.1, 0.15) is 10.6 Å². The fourth-order valence-electron chi connectivity index (χ4n) is 2.59. The van der Waals surface area contributed by atoms with Crippen LogP contribution >= 0.6 is 0 Å². The third-order valence-electron chi connectivity index (χ3n) is 4.06. The summed E-state index contributed by atoms with van der Waals surface area (Å²) in [6, 6.07) is 9.57. The molecule has 0 aliphatic rings. The quantitative estimate of drug-likeness (QED) is 0.812.